The van der Waals surface area contributed by atoms with Crippen LogP contribution < -0.4 is 5.32 Å². The number of amides is 2. The Bertz CT molecular complexity index is 743. The van der Waals surface area contributed by atoms with Crippen LogP contribution in [0, 0.1) is 5.92 Å². The summed E-state index contributed by atoms with van der Waals surface area (Å²) in [5.41, 5.74) is 0.636. The van der Waals surface area contributed by atoms with E-state index in [9.17, 15) is 14.4 Å². The first kappa shape index (κ1) is 17.4. The molecule has 1 aromatic heterocycles. The monoisotopic (exact) mass is 356 g/mol. The minimum Gasteiger partial charge on any atom is -0.348 e. The van der Waals surface area contributed by atoms with Crippen LogP contribution in [0.25, 0.3) is 0 Å². The zero-order chi connectivity index (χ0) is 17.6. The molecule has 0 radical (unpaired) electrons. The third-order valence-electron chi connectivity index (χ3n) is 4.32. The van der Waals surface area contributed by atoms with Crippen LogP contribution in [0.15, 0.2) is 47.8 Å². The molecule has 0 bridgehead atoms. The number of nitrogens with one attached hydrogen (secondary N) is 1. The summed E-state index contributed by atoms with van der Waals surface area (Å²) in [6, 6.07) is 12.7. The van der Waals surface area contributed by atoms with Gasteiger partial charge in [0.2, 0.25) is 5.91 Å². The van der Waals surface area contributed by atoms with Gasteiger partial charge in [-0.2, -0.15) is 0 Å². The number of hydrogen-bond acceptors (Lipinski definition) is 4. The Morgan fingerprint density at radius 3 is 2.64 bits per heavy atom. The number of carbonyl (C=O) groups is 3. The van der Waals surface area contributed by atoms with Gasteiger partial charge in [-0.15, -0.1) is 11.3 Å². The standard InChI is InChI=1S/C19H20N2O3S/c22-16(17-9-5-11-25-17)12-20-18(23)15-8-4-10-21(13-15)19(24)14-6-2-1-3-7-14/h1-3,5-7,9,11,15H,4,8,10,12-13H2,(H,20,23). The fourth-order valence-corrected chi connectivity index (χ4v) is 3.64. The van der Waals surface area contributed by atoms with Crippen LogP contribution in [0.1, 0.15) is 32.9 Å². The molecule has 6 heteroatoms. The van der Waals surface area contributed by atoms with Crippen molar-refractivity contribution in [1.82, 2.24) is 10.2 Å². The summed E-state index contributed by atoms with van der Waals surface area (Å²) in [6.07, 6.45) is 1.52. The lowest BCUT2D eigenvalue weighted by Crippen LogP contribution is -2.46. The molecule has 1 aromatic carbocycles. The number of likely N-dealkylation sites (tertiary alicyclic amines) is 1. The van der Waals surface area contributed by atoms with Crippen LogP contribution in [-0.4, -0.2) is 42.1 Å². The minimum atomic E-state index is -0.266. The van der Waals surface area contributed by atoms with Crippen molar-refractivity contribution >= 4 is 28.9 Å². The molecule has 3 rings (SSSR count). The third-order valence-corrected chi connectivity index (χ3v) is 5.23. The van der Waals surface area contributed by atoms with Gasteiger partial charge in [0, 0.05) is 18.7 Å². The molecular formula is C19H20N2O3S. The quantitative estimate of drug-likeness (QED) is 0.838. The molecule has 1 aliphatic heterocycles. The van der Waals surface area contributed by atoms with Gasteiger partial charge in [0.25, 0.3) is 5.91 Å². The van der Waals surface area contributed by atoms with Crippen LogP contribution in [-0.2, 0) is 4.79 Å². The normalized spacial score (nSPS) is 17.1. The number of benzene rings is 1. The van der Waals surface area contributed by atoms with Crippen molar-refractivity contribution in [2.75, 3.05) is 19.6 Å². The lowest BCUT2D eigenvalue weighted by Gasteiger charge is -2.32. The number of carbonyl (C=O) groups excluding carboxylic acids is 3. The molecule has 1 fully saturated rings. The number of ketones is 1. The summed E-state index contributed by atoms with van der Waals surface area (Å²) >= 11 is 1.37. The van der Waals surface area contributed by atoms with E-state index < -0.39 is 0 Å². The summed E-state index contributed by atoms with van der Waals surface area (Å²) in [5, 5.41) is 4.56. The smallest absolute Gasteiger partial charge is 0.253 e. The number of rotatable bonds is 5. The number of Topliss-reactive ketones (excluding diaryl/α,β-unsaturated/α-hetero) is 1. The largest absolute Gasteiger partial charge is 0.348 e. The Hall–Kier alpha value is -2.47. The lowest BCUT2D eigenvalue weighted by molar-refractivity contribution is -0.126. The minimum absolute atomic E-state index is 0.00246. The summed E-state index contributed by atoms with van der Waals surface area (Å²) in [4.78, 5) is 39.3. The highest BCUT2D eigenvalue weighted by Crippen LogP contribution is 2.19. The number of hydrogen-bond donors (Lipinski definition) is 1. The molecule has 1 atom stereocenters. The van der Waals surface area contributed by atoms with Gasteiger partial charge in [0.1, 0.15) is 0 Å². The van der Waals surface area contributed by atoms with E-state index in [1.807, 2.05) is 29.6 Å². The molecule has 1 unspecified atom stereocenters. The van der Waals surface area contributed by atoms with Crippen molar-refractivity contribution in [1.29, 1.82) is 0 Å². The van der Waals surface area contributed by atoms with Crippen molar-refractivity contribution in [3.8, 4) is 0 Å². The Morgan fingerprint density at radius 2 is 1.92 bits per heavy atom. The van der Waals surface area contributed by atoms with Gasteiger partial charge in [0.15, 0.2) is 5.78 Å². The van der Waals surface area contributed by atoms with Gasteiger partial charge < -0.3 is 10.2 Å². The Balaban J connectivity index is 1.54. The van der Waals surface area contributed by atoms with Crippen LogP contribution >= 0.6 is 11.3 Å². The first-order chi connectivity index (χ1) is 12.1. The summed E-state index contributed by atoms with van der Waals surface area (Å²) in [6.45, 7) is 1.06. The fraction of sp³-hybridized carbons (Fsp3) is 0.316. The Labute approximate surface area is 150 Å². The zero-order valence-electron chi connectivity index (χ0n) is 13.8. The number of nitrogens with zero attached hydrogens (tertiary/aromatic N) is 1. The second kappa shape index (κ2) is 8.07. The molecule has 2 aromatic rings. The SMILES string of the molecule is O=C(CNC(=O)C1CCCN(C(=O)c2ccccc2)C1)c1cccs1. The molecule has 0 spiro atoms. The topological polar surface area (TPSA) is 66.5 Å². The highest BCUT2D eigenvalue weighted by atomic mass is 32.1. The molecule has 1 aliphatic rings. The van der Waals surface area contributed by atoms with Gasteiger partial charge in [-0.1, -0.05) is 24.3 Å². The number of thiophene rings is 1. The molecule has 130 valence electrons. The average molecular weight is 356 g/mol. The Morgan fingerprint density at radius 1 is 1.12 bits per heavy atom. The van der Waals surface area contributed by atoms with Gasteiger partial charge in [-0.3, -0.25) is 14.4 Å². The molecule has 1 saturated heterocycles. The van der Waals surface area contributed by atoms with E-state index in [2.05, 4.69) is 5.32 Å². The predicted molar refractivity (Wildman–Crippen MR) is 96.7 cm³/mol. The fourth-order valence-electron chi connectivity index (χ4n) is 2.97. The van der Waals surface area contributed by atoms with E-state index in [1.54, 1.807) is 23.1 Å². The zero-order valence-corrected chi connectivity index (χ0v) is 14.6. The molecule has 2 amide bonds. The van der Waals surface area contributed by atoms with Crippen molar-refractivity contribution in [2.45, 2.75) is 12.8 Å². The van der Waals surface area contributed by atoms with Crippen molar-refractivity contribution in [2.24, 2.45) is 5.92 Å². The van der Waals surface area contributed by atoms with E-state index in [4.69, 9.17) is 0 Å². The first-order valence-electron chi connectivity index (χ1n) is 8.34. The molecule has 2 heterocycles. The second-order valence-electron chi connectivity index (χ2n) is 6.07. The van der Waals surface area contributed by atoms with Crippen molar-refractivity contribution in [3.05, 3.63) is 58.3 Å². The molecule has 0 saturated carbocycles. The maximum atomic E-state index is 12.5. The molecule has 25 heavy (non-hydrogen) atoms. The second-order valence-corrected chi connectivity index (χ2v) is 7.02. The molecule has 0 aliphatic carbocycles. The van der Waals surface area contributed by atoms with Crippen LogP contribution in [0.2, 0.25) is 0 Å². The van der Waals surface area contributed by atoms with E-state index in [0.29, 0.717) is 23.5 Å². The van der Waals surface area contributed by atoms with Crippen LogP contribution in [0.4, 0.5) is 0 Å². The average Bonchev–Trinajstić information content (AvgIpc) is 3.21. The summed E-state index contributed by atoms with van der Waals surface area (Å²) < 4.78 is 0. The van der Waals surface area contributed by atoms with Gasteiger partial charge in [-0.05, 0) is 36.4 Å². The van der Waals surface area contributed by atoms with Crippen molar-refractivity contribution < 1.29 is 14.4 Å². The molecule has 5 nitrogen and oxygen atoms in total. The van der Waals surface area contributed by atoms with E-state index in [-0.39, 0.29) is 30.1 Å². The van der Waals surface area contributed by atoms with E-state index in [0.717, 1.165) is 12.8 Å². The number of piperidine rings is 1. The van der Waals surface area contributed by atoms with Crippen LogP contribution in [0.5, 0.6) is 0 Å². The van der Waals surface area contributed by atoms with Crippen LogP contribution in [0.3, 0.4) is 0 Å². The third kappa shape index (κ3) is 4.33. The van der Waals surface area contributed by atoms with Gasteiger partial charge >= 0.3 is 0 Å². The first-order valence-corrected chi connectivity index (χ1v) is 9.22. The summed E-state index contributed by atoms with van der Waals surface area (Å²) in [7, 11) is 0. The Kier molecular flexibility index (Phi) is 5.60. The molecular weight excluding hydrogens is 336 g/mol. The maximum absolute atomic E-state index is 12.5. The van der Waals surface area contributed by atoms with Gasteiger partial charge in [0.05, 0.1) is 17.3 Å². The lowest BCUT2D eigenvalue weighted by atomic mass is 9.96. The van der Waals surface area contributed by atoms with E-state index >= 15 is 0 Å². The summed E-state index contributed by atoms with van der Waals surface area (Å²) in [5.74, 6) is -0.558. The van der Waals surface area contributed by atoms with Crippen molar-refractivity contribution in [3.63, 3.8) is 0 Å². The molecule has 1 N–H and O–H groups in total. The van der Waals surface area contributed by atoms with E-state index in [1.165, 1.54) is 11.3 Å². The highest BCUT2D eigenvalue weighted by Gasteiger charge is 2.29. The van der Waals surface area contributed by atoms with Gasteiger partial charge in [-0.25, -0.2) is 0 Å². The highest BCUT2D eigenvalue weighted by molar-refractivity contribution is 7.12. The predicted octanol–water partition coefficient (Wildman–Crippen LogP) is 2.60. The maximum Gasteiger partial charge on any atom is 0.253 e.